The van der Waals surface area contributed by atoms with Crippen molar-refractivity contribution in [3.63, 3.8) is 0 Å². The van der Waals surface area contributed by atoms with Crippen LogP contribution >= 0.6 is 0 Å². The van der Waals surface area contributed by atoms with Crippen molar-refractivity contribution in [2.45, 2.75) is 48.7 Å². The molecule has 0 aromatic heterocycles. The molecule has 0 spiro atoms. The normalized spacial score (nSPS) is 33.0. The summed E-state index contributed by atoms with van der Waals surface area (Å²) in [4.78, 5) is 12.6. The van der Waals surface area contributed by atoms with Gasteiger partial charge in [0.15, 0.2) is 0 Å². The second-order valence-electron chi connectivity index (χ2n) is 9.21. The Labute approximate surface area is 200 Å². The summed E-state index contributed by atoms with van der Waals surface area (Å²) in [5.74, 6) is -0.909. The summed E-state index contributed by atoms with van der Waals surface area (Å²) in [7, 11) is -4.23. The molecule has 10 nitrogen and oxygen atoms in total. The highest BCUT2D eigenvalue weighted by atomic mass is 32.2. The summed E-state index contributed by atoms with van der Waals surface area (Å²) >= 11 is 0. The van der Waals surface area contributed by atoms with E-state index in [0.717, 1.165) is 0 Å². The number of carbonyl (C=O) groups is 1. The molecule has 1 amide bonds. The van der Waals surface area contributed by atoms with Gasteiger partial charge in [-0.05, 0) is 36.6 Å². The van der Waals surface area contributed by atoms with Gasteiger partial charge in [0.05, 0.1) is 35.4 Å². The largest absolute Gasteiger partial charge is 0.402 e. The zero-order valence-electron chi connectivity index (χ0n) is 18.6. The second-order valence-corrected chi connectivity index (χ2v) is 11.1. The first-order valence-electron chi connectivity index (χ1n) is 11.3. The van der Waals surface area contributed by atoms with Gasteiger partial charge in [0.25, 0.3) is 0 Å². The minimum atomic E-state index is -4.65. The molecule has 4 heterocycles. The Hall–Kier alpha value is -2.44. The molecule has 3 unspecified atom stereocenters. The number of hydrogen-bond donors (Lipinski definition) is 3. The van der Waals surface area contributed by atoms with Gasteiger partial charge < -0.3 is 15.4 Å². The molecule has 0 saturated carbocycles. The van der Waals surface area contributed by atoms with Gasteiger partial charge in [0.2, 0.25) is 15.9 Å². The highest BCUT2D eigenvalue weighted by molar-refractivity contribution is 7.89. The highest BCUT2D eigenvalue weighted by Gasteiger charge is 2.51. The number of hydrogen-bond acceptors (Lipinski definition) is 8. The number of amides is 1. The number of anilines is 1. The van der Waals surface area contributed by atoms with Crippen LogP contribution in [-0.2, 0) is 26.1 Å². The topological polar surface area (TPSA) is 127 Å². The van der Waals surface area contributed by atoms with E-state index in [1.807, 2.05) is 5.01 Å². The standard InChI is InChI=1S/C21H25F3N6O4S/c22-21(23,24)11-29-9-13-7-14(1-2-17(13)35(29,32)33)27-19-18-15(3-5-26-20(18)31)30(28-19)16-10-34-6-4-12(16)8-25/h1-2,7,12,15-16,18-19,27-28H,3-6,9-11H2,(H,26,31)/t12-,15?,16+,18?,19?/m1/s1. The third-order valence-electron chi connectivity index (χ3n) is 7.01. The molecule has 1 aromatic rings. The maximum absolute atomic E-state index is 12.9. The minimum Gasteiger partial charge on any atom is -0.380 e. The maximum atomic E-state index is 12.9. The number of nitriles is 1. The summed E-state index contributed by atoms with van der Waals surface area (Å²) in [5.41, 5.74) is 4.05. The van der Waals surface area contributed by atoms with Gasteiger partial charge in [-0.1, -0.05) is 0 Å². The van der Waals surface area contributed by atoms with E-state index in [1.54, 1.807) is 0 Å². The van der Waals surface area contributed by atoms with Crippen LogP contribution in [-0.4, -0.2) is 74.4 Å². The Morgan fingerprint density at radius 3 is 2.80 bits per heavy atom. The SMILES string of the molecule is N#C[C@H]1CCOC[C@@H]1N1NC(Nc2ccc3c(c2)CN(CC(F)(F)F)S3(=O)=O)C2C(=O)NCCC21. The summed E-state index contributed by atoms with van der Waals surface area (Å²) < 4.78 is 69.6. The van der Waals surface area contributed by atoms with Crippen molar-refractivity contribution in [1.82, 2.24) is 20.1 Å². The molecule has 35 heavy (non-hydrogen) atoms. The van der Waals surface area contributed by atoms with Gasteiger partial charge in [0, 0.05) is 31.4 Å². The fourth-order valence-corrected chi connectivity index (χ4v) is 7.03. The molecule has 0 radical (unpaired) electrons. The van der Waals surface area contributed by atoms with E-state index in [0.29, 0.717) is 42.6 Å². The summed E-state index contributed by atoms with van der Waals surface area (Å²) in [5, 5.41) is 17.6. The average molecular weight is 515 g/mol. The molecule has 5 atom stereocenters. The van der Waals surface area contributed by atoms with E-state index < -0.39 is 34.8 Å². The predicted octanol–water partition coefficient (Wildman–Crippen LogP) is 0.745. The van der Waals surface area contributed by atoms with E-state index in [-0.39, 0.29) is 40.9 Å². The number of halogens is 3. The zero-order valence-corrected chi connectivity index (χ0v) is 19.4. The number of benzene rings is 1. The summed E-state index contributed by atoms with van der Waals surface area (Å²) in [6.07, 6.45) is -3.95. The lowest BCUT2D eigenvalue weighted by molar-refractivity contribution is -0.136. The molecule has 3 saturated heterocycles. The van der Waals surface area contributed by atoms with Crippen LogP contribution in [0.2, 0.25) is 0 Å². The number of nitrogens with one attached hydrogen (secondary N) is 3. The molecule has 4 aliphatic heterocycles. The van der Waals surface area contributed by atoms with Crippen LogP contribution in [0.25, 0.3) is 0 Å². The van der Waals surface area contributed by atoms with Crippen LogP contribution in [0.3, 0.4) is 0 Å². The van der Waals surface area contributed by atoms with Crippen molar-refractivity contribution >= 4 is 21.6 Å². The van der Waals surface area contributed by atoms with Crippen molar-refractivity contribution in [1.29, 1.82) is 5.26 Å². The van der Waals surface area contributed by atoms with Crippen molar-refractivity contribution in [2.75, 3.05) is 31.6 Å². The summed E-state index contributed by atoms with van der Waals surface area (Å²) in [6, 6.07) is 6.19. The van der Waals surface area contributed by atoms with E-state index in [9.17, 15) is 31.6 Å². The van der Waals surface area contributed by atoms with E-state index >= 15 is 0 Å². The van der Waals surface area contributed by atoms with Crippen LogP contribution in [0, 0.1) is 23.2 Å². The van der Waals surface area contributed by atoms with Gasteiger partial charge in [0.1, 0.15) is 12.7 Å². The lowest BCUT2D eigenvalue weighted by atomic mass is 9.88. The maximum Gasteiger partial charge on any atom is 0.402 e. The van der Waals surface area contributed by atoms with Gasteiger partial charge in [-0.2, -0.15) is 22.7 Å². The molecular weight excluding hydrogens is 489 g/mol. The monoisotopic (exact) mass is 514 g/mol. The average Bonchev–Trinajstić information content (AvgIpc) is 3.28. The number of rotatable bonds is 4. The number of ether oxygens (including phenoxy) is 1. The van der Waals surface area contributed by atoms with Gasteiger partial charge >= 0.3 is 6.18 Å². The van der Waals surface area contributed by atoms with E-state index in [4.69, 9.17) is 4.74 Å². The number of alkyl halides is 3. The first kappa shape index (κ1) is 24.3. The van der Waals surface area contributed by atoms with Crippen molar-refractivity contribution in [2.24, 2.45) is 11.8 Å². The van der Waals surface area contributed by atoms with Crippen molar-refractivity contribution in [3.8, 4) is 6.07 Å². The Morgan fingerprint density at radius 2 is 2.06 bits per heavy atom. The van der Waals surface area contributed by atoms with Gasteiger partial charge in [-0.25, -0.2) is 18.9 Å². The molecule has 14 heteroatoms. The zero-order chi connectivity index (χ0) is 25.0. The number of piperidine rings is 1. The molecule has 0 aliphatic carbocycles. The minimum absolute atomic E-state index is 0.154. The van der Waals surface area contributed by atoms with Crippen LogP contribution in [0.15, 0.2) is 23.1 Å². The van der Waals surface area contributed by atoms with Gasteiger partial charge in [-0.3, -0.25) is 4.79 Å². The Kier molecular flexibility index (Phi) is 6.17. The summed E-state index contributed by atoms with van der Waals surface area (Å²) in [6.45, 7) is -0.579. The van der Waals surface area contributed by atoms with Crippen LogP contribution < -0.4 is 16.1 Å². The Bertz CT molecular complexity index is 1160. The molecule has 1 aromatic carbocycles. The highest BCUT2D eigenvalue weighted by Crippen LogP contribution is 2.37. The number of fused-ring (bicyclic) bond motifs is 2. The van der Waals surface area contributed by atoms with Crippen molar-refractivity contribution < 1.29 is 31.1 Å². The number of nitrogens with zero attached hydrogens (tertiary/aromatic N) is 3. The Morgan fingerprint density at radius 1 is 1.26 bits per heavy atom. The smallest absolute Gasteiger partial charge is 0.380 e. The molecule has 0 bridgehead atoms. The van der Waals surface area contributed by atoms with Crippen molar-refractivity contribution in [3.05, 3.63) is 23.8 Å². The molecule has 3 N–H and O–H groups in total. The molecule has 5 rings (SSSR count). The quantitative estimate of drug-likeness (QED) is 0.537. The number of hydrazine groups is 1. The third-order valence-corrected chi connectivity index (χ3v) is 8.91. The lowest BCUT2D eigenvalue weighted by Crippen LogP contribution is -2.56. The van der Waals surface area contributed by atoms with E-state index in [1.165, 1.54) is 18.2 Å². The fourth-order valence-electron chi connectivity index (χ4n) is 5.43. The predicted molar refractivity (Wildman–Crippen MR) is 116 cm³/mol. The Balaban J connectivity index is 1.38. The van der Waals surface area contributed by atoms with Gasteiger partial charge in [-0.15, -0.1) is 0 Å². The molecule has 190 valence electrons. The van der Waals surface area contributed by atoms with Crippen LogP contribution in [0.4, 0.5) is 18.9 Å². The van der Waals surface area contributed by atoms with E-state index in [2.05, 4.69) is 22.1 Å². The lowest BCUT2D eigenvalue weighted by Gasteiger charge is -2.39. The first-order valence-corrected chi connectivity index (χ1v) is 12.8. The number of carbonyl (C=O) groups excluding carboxylic acids is 1. The van der Waals surface area contributed by atoms with Crippen LogP contribution in [0.5, 0.6) is 0 Å². The number of sulfonamides is 1. The second kappa shape index (κ2) is 8.90. The fraction of sp³-hybridized carbons (Fsp3) is 0.619. The first-order chi connectivity index (χ1) is 16.6. The molecule has 3 fully saturated rings. The van der Waals surface area contributed by atoms with Crippen LogP contribution in [0.1, 0.15) is 18.4 Å². The molecular formula is C21H25F3N6O4S. The molecule has 4 aliphatic rings. The third kappa shape index (κ3) is 4.47.